The minimum atomic E-state index is -4.09. The first-order valence-corrected chi connectivity index (χ1v) is 23.3. The van der Waals surface area contributed by atoms with Crippen molar-refractivity contribution in [3.63, 3.8) is 0 Å². The van der Waals surface area contributed by atoms with Gasteiger partial charge >= 0.3 is 242 Å². The van der Waals surface area contributed by atoms with E-state index in [0.29, 0.717) is 48.7 Å². The molecule has 0 unspecified atom stereocenters. The molecular formula is C30H68O4Si2Ti. The van der Waals surface area contributed by atoms with Gasteiger partial charge in [-0.05, 0) is 0 Å². The van der Waals surface area contributed by atoms with Crippen LogP contribution in [0.1, 0.15) is 110 Å². The van der Waals surface area contributed by atoms with Gasteiger partial charge in [-0.25, -0.2) is 0 Å². The number of hydrogen-bond donors (Lipinski definition) is 0. The zero-order valence-corrected chi connectivity index (χ0v) is 31.2. The Kier molecular flexibility index (Phi) is 18.9. The topological polar surface area (TPSA) is 36.9 Å². The maximum atomic E-state index is 7.66. The van der Waals surface area contributed by atoms with Crippen LogP contribution in [0.15, 0.2) is 0 Å². The van der Waals surface area contributed by atoms with Crippen molar-refractivity contribution in [1.82, 2.24) is 0 Å². The van der Waals surface area contributed by atoms with Gasteiger partial charge in [-0.2, -0.15) is 0 Å². The van der Waals surface area contributed by atoms with Crippen LogP contribution in [0.25, 0.3) is 0 Å². The van der Waals surface area contributed by atoms with Crippen LogP contribution >= 0.6 is 0 Å². The van der Waals surface area contributed by atoms with Gasteiger partial charge in [-0.3, -0.25) is 0 Å². The van der Waals surface area contributed by atoms with Crippen molar-refractivity contribution in [3.8, 4) is 0 Å². The van der Waals surface area contributed by atoms with E-state index >= 15 is 0 Å². The van der Waals surface area contributed by atoms with Crippen molar-refractivity contribution in [2.75, 3.05) is 13.2 Å². The standard InChI is InChI=1S/2C12H27OSi.2C3H7O.Ti/c2*1-10(2)7-14(13,8-11(3)4)9-12(5)6;2*1-2-3-4;/h2*10-12H,7-9H2,1-6H3;2*2-3H2,1H3;/q4*-1;+4. The Bertz CT molecular complexity index is 479. The predicted octanol–water partition coefficient (Wildman–Crippen LogP) is 10.5. The van der Waals surface area contributed by atoms with Gasteiger partial charge in [0.25, 0.3) is 0 Å². The number of rotatable bonds is 22. The van der Waals surface area contributed by atoms with Crippen LogP contribution in [0.5, 0.6) is 0 Å². The Morgan fingerprint density at radius 2 is 0.649 bits per heavy atom. The Balaban J connectivity index is 7.01. The summed E-state index contributed by atoms with van der Waals surface area (Å²) in [7, 11) is -4.42. The minimum absolute atomic E-state index is 0.589. The third kappa shape index (κ3) is 16.1. The van der Waals surface area contributed by atoms with Gasteiger partial charge in [0.1, 0.15) is 0 Å². The molecular weight excluding hydrogens is 528 g/mol. The SMILES string of the molecule is CCC[O][Ti]([O]CCC)([O][Si](CC(C)C)(CC(C)C)CC(C)C)[O][Si](CC(C)C)(CC(C)C)CC(C)C. The van der Waals surface area contributed by atoms with Gasteiger partial charge in [0.05, 0.1) is 0 Å². The van der Waals surface area contributed by atoms with Gasteiger partial charge in [-0.1, -0.05) is 0 Å². The Morgan fingerprint density at radius 3 is 0.811 bits per heavy atom. The van der Waals surface area contributed by atoms with E-state index in [4.69, 9.17) is 12.7 Å². The van der Waals surface area contributed by atoms with Crippen molar-refractivity contribution >= 4 is 16.6 Å². The molecule has 0 fully saturated rings. The van der Waals surface area contributed by atoms with Crippen LogP contribution in [0, 0.1) is 35.5 Å². The third-order valence-electron chi connectivity index (χ3n) is 6.33. The predicted molar refractivity (Wildman–Crippen MR) is 164 cm³/mol. The zero-order chi connectivity index (χ0) is 28.9. The molecule has 0 aliphatic rings. The van der Waals surface area contributed by atoms with E-state index in [1.54, 1.807) is 0 Å². The molecule has 224 valence electrons. The van der Waals surface area contributed by atoms with Gasteiger partial charge in [-0.15, -0.1) is 0 Å². The monoisotopic (exact) mass is 596 g/mol. The van der Waals surface area contributed by atoms with Gasteiger partial charge in [0.2, 0.25) is 0 Å². The molecule has 0 saturated carbocycles. The van der Waals surface area contributed by atoms with E-state index in [2.05, 4.69) is 96.9 Å². The summed E-state index contributed by atoms with van der Waals surface area (Å²) in [5.74, 6) is 3.53. The molecule has 0 rings (SSSR count). The van der Waals surface area contributed by atoms with Crippen molar-refractivity contribution in [1.29, 1.82) is 0 Å². The van der Waals surface area contributed by atoms with Crippen LogP contribution in [0.2, 0.25) is 36.3 Å². The summed E-state index contributed by atoms with van der Waals surface area (Å²) in [5, 5.41) is 0. The summed E-state index contributed by atoms with van der Waals surface area (Å²) < 4.78 is 29.1. The van der Waals surface area contributed by atoms with Crippen LogP contribution in [0.3, 0.4) is 0 Å². The fourth-order valence-electron chi connectivity index (χ4n) is 6.38. The molecule has 7 heteroatoms. The fraction of sp³-hybridized carbons (Fsp3) is 1.00. The summed E-state index contributed by atoms with van der Waals surface area (Å²) in [5.41, 5.74) is 0. The third-order valence-corrected chi connectivity index (χ3v) is 25.2. The Morgan fingerprint density at radius 1 is 0.432 bits per heavy atom. The molecule has 0 aromatic carbocycles. The molecule has 0 spiro atoms. The zero-order valence-electron chi connectivity index (χ0n) is 27.7. The molecule has 37 heavy (non-hydrogen) atoms. The van der Waals surface area contributed by atoms with Gasteiger partial charge < -0.3 is 0 Å². The first-order chi connectivity index (χ1) is 17.0. The van der Waals surface area contributed by atoms with E-state index in [9.17, 15) is 0 Å². The quantitative estimate of drug-likeness (QED) is 0.117. The molecule has 0 amide bonds. The van der Waals surface area contributed by atoms with Crippen molar-refractivity contribution in [2.45, 2.75) is 146 Å². The average molecular weight is 597 g/mol. The Hall–Kier alpha value is 0.988. The second kappa shape index (κ2) is 18.4. The molecule has 0 saturated heterocycles. The van der Waals surface area contributed by atoms with E-state index in [1.807, 2.05) is 0 Å². The molecule has 0 atom stereocenters. The summed E-state index contributed by atoms with van der Waals surface area (Å²) in [6, 6.07) is 6.90. The summed E-state index contributed by atoms with van der Waals surface area (Å²) in [4.78, 5) is 0. The van der Waals surface area contributed by atoms with Crippen molar-refractivity contribution in [2.24, 2.45) is 35.5 Å². The molecule has 0 N–H and O–H groups in total. The van der Waals surface area contributed by atoms with Crippen LogP contribution in [-0.2, 0) is 30.8 Å². The molecule has 0 aliphatic heterocycles. The van der Waals surface area contributed by atoms with Crippen LogP contribution in [-0.4, -0.2) is 29.8 Å². The maximum absolute atomic E-state index is 7.66. The Labute approximate surface area is 241 Å². The normalized spacial score (nSPS) is 13.9. The van der Waals surface area contributed by atoms with Gasteiger partial charge in [0, 0.05) is 0 Å². The summed E-state index contributed by atoms with van der Waals surface area (Å²) in [6.07, 6.45) is 1.91. The van der Waals surface area contributed by atoms with E-state index < -0.39 is 34.8 Å². The van der Waals surface area contributed by atoms with E-state index in [1.165, 1.54) is 0 Å². The number of hydrogen-bond acceptors (Lipinski definition) is 4. The first-order valence-electron chi connectivity index (χ1n) is 15.7. The molecule has 0 bridgehead atoms. The van der Waals surface area contributed by atoms with Crippen molar-refractivity contribution in [3.05, 3.63) is 0 Å². The molecule has 4 nitrogen and oxygen atoms in total. The fourth-order valence-corrected chi connectivity index (χ4v) is 28.8. The molecule has 0 radical (unpaired) electrons. The van der Waals surface area contributed by atoms with Crippen LogP contribution in [0.4, 0.5) is 0 Å². The molecule has 0 aromatic rings. The molecule has 0 heterocycles. The van der Waals surface area contributed by atoms with E-state index in [-0.39, 0.29) is 0 Å². The first kappa shape index (κ1) is 38.0. The van der Waals surface area contributed by atoms with Crippen LogP contribution < -0.4 is 0 Å². The molecule has 0 aromatic heterocycles. The van der Waals surface area contributed by atoms with Gasteiger partial charge in [0.15, 0.2) is 0 Å². The summed E-state index contributed by atoms with van der Waals surface area (Å²) >= 11 is -4.09. The summed E-state index contributed by atoms with van der Waals surface area (Å²) in [6.45, 7) is 34.0. The van der Waals surface area contributed by atoms with E-state index in [0.717, 1.165) is 49.1 Å². The average Bonchev–Trinajstić information content (AvgIpc) is 2.66. The second-order valence-corrected chi connectivity index (χ2v) is 26.3. The second-order valence-electron chi connectivity index (χ2n) is 14.4. The van der Waals surface area contributed by atoms with Crippen molar-refractivity contribution < 1.29 is 30.8 Å². The molecule has 0 aliphatic carbocycles.